The summed E-state index contributed by atoms with van der Waals surface area (Å²) in [6, 6.07) is 8.89. The van der Waals surface area contributed by atoms with Gasteiger partial charge in [0.25, 0.3) is 5.91 Å². The van der Waals surface area contributed by atoms with Gasteiger partial charge in [-0.25, -0.2) is 0 Å². The summed E-state index contributed by atoms with van der Waals surface area (Å²) in [5.41, 5.74) is 5.51. The van der Waals surface area contributed by atoms with Crippen LogP contribution in [0.4, 0.5) is 17.1 Å². The smallest absolute Gasteiger partial charge is 0.257 e. The summed E-state index contributed by atoms with van der Waals surface area (Å²) in [5.74, 6) is 0.738. The molecule has 7 heteroatoms. The molecule has 6 nitrogen and oxygen atoms in total. The third-order valence-electron chi connectivity index (χ3n) is 6.03. The molecule has 1 saturated heterocycles. The van der Waals surface area contributed by atoms with E-state index < -0.39 is 0 Å². The maximum Gasteiger partial charge on any atom is 0.257 e. The first-order chi connectivity index (χ1) is 14.6. The van der Waals surface area contributed by atoms with Crippen molar-refractivity contribution in [1.82, 2.24) is 9.88 Å². The minimum Gasteiger partial charge on any atom is -0.383 e. The summed E-state index contributed by atoms with van der Waals surface area (Å²) < 4.78 is 0. The van der Waals surface area contributed by atoms with Gasteiger partial charge in [-0.2, -0.15) is 0 Å². The number of nitrogens with one attached hydrogen (secondary N) is 1. The molecule has 1 amide bonds. The van der Waals surface area contributed by atoms with Crippen LogP contribution in [0.3, 0.4) is 0 Å². The maximum atomic E-state index is 12.7. The SMILES string of the molecule is CCCNc1c(C(=O)N(C)C)cncc1N1CCN(c2ccccc2C2CC2)CC1.Cl. The highest BCUT2D eigenvalue weighted by Gasteiger charge is 2.29. The van der Waals surface area contributed by atoms with Crippen molar-refractivity contribution in [2.24, 2.45) is 0 Å². The van der Waals surface area contributed by atoms with E-state index in [-0.39, 0.29) is 18.3 Å². The van der Waals surface area contributed by atoms with Crippen LogP contribution in [0.2, 0.25) is 0 Å². The zero-order valence-corrected chi connectivity index (χ0v) is 19.6. The fraction of sp³-hybridized carbons (Fsp3) is 0.500. The Bertz CT molecular complexity index is 891. The molecule has 0 spiro atoms. The second kappa shape index (κ2) is 10.2. The predicted molar refractivity (Wildman–Crippen MR) is 131 cm³/mol. The average Bonchev–Trinajstić information content (AvgIpc) is 3.62. The molecule has 2 aromatic rings. The third-order valence-corrected chi connectivity index (χ3v) is 6.03. The minimum absolute atomic E-state index is 0. The molecule has 31 heavy (non-hydrogen) atoms. The summed E-state index contributed by atoms with van der Waals surface area (Å²) in [4.78, 5) is 23.6. The molecule has 0 unspecified atom stereocenters. The Kier molecular flexibility index (Phi) is 7.65. The van der Waals surface area contributed by atoms with Crippen molar-refractivity contribution in [3.63, 3.8) is 0 Å². The van der Waals surface area contributed by atoms with Crippen LogP contribution in [-0.4, -0.2) is 62.6 Å². The molecule has 1 aliphatic heterocycles. The lowest BCUT2D eigenvalue weighted by Gasteiger charge is -2.39. The van der Waals surface area contributed by atoms with E-state index in [1.165, 1.54) is 24.1 Å². The van der Waals surface area contributed by atoms with Gasteiger partial charge in [0, 0.05) is 58.7 Å². The standard InChI is InChI=1S/C24H33N5O.ClH/c1-4-11-26-23-20(24(30)27(2)3)16-25-17-22(23)29-14-12-28(13-15-29)21-8-6-5-7-19(21)18-9-10-18;/h5-8,16-18H,4,9-15H2,1-3H3,(H,25,26);1H. The van der Waals surface area contributed by atoms with Crippen LogP contribution in [0.15, 0.2) is 36.7 Å². The Morgan fingerprint density at radius 3 is 2.32 bits per heavy atom. The molecule has 2 aliphatic rings. The van der Waals surface area contributed by atoms with Crippen molar-refractivity contribution >= 4 is 35.4 Å². The highest BCUT2D eigenvalue weighted by atomic mass is 35.5. The first-order valence-corrected chi connectivity index (χ1v) is 11.1. The van der Waals surface area contributed by atoms with E-state index in [1.807, 2.05) is 6.20 Å². The maximum absolute atomic E-state index is 12.7. The second-order valence-electron chi connectivity index (χ2n) is 8.51. The van der Waals surface area contributed by atoms with Gasteiger partial charge in [-0.15, -0.1) is 12.4 Å². The monoisotopic (exact) mass is 443 g/mol. The summed E-state index contributed by atoms with van der Waals surface area (Å²) in [7, 11) is 3.57. The molecule has 1 aliphatic carbocycles. The number of hydrogen-bond donors (Lipinski definition) is 1. The summed E-state index contributed by atoms with van der Waals surface area (Å²) in [6.07, 6.45) is 7.23. The number of hydrogen-bond acceptors (Lipinski definition) is 5. The number of pyridine rings is 1. The Morgan fingerprint density at radius 2 is 1.71 bits per heavy atom. The fourth-order valence-electron chi connectivity index (χ4n) is 4.23. The van der Waals surface area contributed by atoms with Crippen LogP contribution in [0, 0.1) is 0 Å². The second-order valence-corrected chi connectivity index (χ2v) is 8.51. The quantitative estimate of drug-likeness (QED) is 0.693. The molecule has 0 radical (unpaired) electrons. The van der Waals surface area contributed by atoms with Crippen molar-refractivity contribution in [2.75, 3.05) is 61.9 Å². The van der Waals surface area contributed by atoms with Crippen LogP contribution in [0.1, 0.15) is 48.0 Å². The molecule has 0 bridgehead atoms. The molecule has 1 aromatic carbocycles. The van der Waals surface area contributed by atoms with E-state index >= 15 is 0 Å². The lowest BCUT2D eigenvalue weighted by atomic mass is 10.1. The topological polar surface area (TPSA) is 51.7 Å². The van der Waals surface area contributed by atoms with E-state index in [0.29, 0.717) is 5.56 Å². The zero-order valence-electron chi connectivity index (χ0n) is 18.8. The van der Waals surface area contributed by atoms with Gasteiger partial charge in [0.15, 0.2) is 0 Å². The van der Waals surface area contributed by atoms with E-state index in [0.717, 1.165) is 56.4 Å². The van der Waals surface area contributed by atoms with E-state index in [2.05, 4.69) is 51.3 Å². The third kappa shape index (κ3) is 5.06. The molecule has 1 saturated carbocycles. The highest BCUT2D eigenvalue weighted by Crippen LogP contribution is 2.44. The van der Waals surface area contributed by atoms with Gasteiger partial charge in [-0.05, 0) is 36.8 Å². The number of para-hydroxylation sites is 1. The lowest BCUT2D eigenvalue weighted by Crippen LogP contribution is -2.47. The van der Waals surface area contributed by atoms with Crippen molar-refractivity contribution in [3.05, 3.63) is 47.8 Å². The van der Waals surface area contributed by atoms with Crippen molar-refractivity contribution in [1.29, 1.82) is 0 Å². The number of anilines is 3. The van der Waals surface area contributed by atoms with Crippen LogP contribution in [-0.2, 0) is 0 Å². The number of aromatic nitrogens is 1. The molecule has 0 atom stereocenters. The number of amides is 1. The van der Waals surface area contributed by atoms with Gasteiger partial charge < -0.3 is 20.0 Å². The number of piperazine rings is 1. The predicted octanol–water partition coefficient (Wildman–Crippen LogP) is 4.23. The molecular formula is C24H34ClN5O. The van der Waals surface area contributed by atoms with Crippen LogP contribution in [0.5, 0.6) is 0 Å². The summed E-state index contributed by atoms with van der Waals surface area (Å²) >= 11 is 0. The molecule has 2 fully saturated rings. The molecule has 2 heterocycles. The number of benzene rings is 1. The normalized spacial score (nSPS) is 16.0. The lowest BCUT2D eigenvalue weighted by molar-refractivity contribution is 0.0828. The van der Waals surface area contributed by atoms with E-state index in [1.54, 1.807) is 25.2 Å². The van der Waals surface area contributed by atoms with Gasteiger partial charge in [0.05, 0.1) is 23.1 Å². The van der Waals surface area contributed by atoms with Gasteiger partial charge in [-0.1, -0.05) is 25.1 Å². The minimum atomic E-state index is -0.0139. The summed E-state index contributed by atoms with van der Waals surface area (Å²) in [5, 5.41) is 3.50. The first kappa shape index (κ1) is 23.2. The van der Waals surface area contributed by atoms with Gasteiger partial charge >= 0.3 is 0 Å². The fourth-order valence-corrected chi connectivity index (χ4v) is 4.23. The number of carbonyl (C=O) groups excluding carboxylic acids is 1. The average molecular weight is 444 g/mol. The molecule has 1 aromatic heterocycles. The summed E-state index contributed by atoms with van der Waals surface area (Å²) in [6.45, 7) is 6.75. The Morgan fingerprint density at radius 1 is 1.06 bits per heavy atom. The van der Waals surface area contributed by atoms with E-state index in [9.17, 15) is 4.79 Å². The highest BCUT2D eigenvalue weighted by molar-refractivity contribution is 6.02. The van der Waals surface area contributed by atoms with Gasteiger partial charge in [-0.3, -0.25) is 9.78 Å². The van der Waals surface area contributed by atoms with Gasteiger partial charge in [0.2, 0.25) is 0 Å². The van der Waals surface area contributed by atoms with Crippen molar-refractivity contribution < 1.29 is 4.79 Å². The Hall–Kier alpha value is -2.47. The van der Waals surface area contributed by atoms with Gasteiger partial charge in [0.1, 0.15) is 0 Å². The van der Waals surface area contributed by atoms with Crippen LogP contribution in [0.25, 0.3) is 0 Å². The molecular weight excluding hydrogens is 410 g/mol. The number of nitrogens with zero attached hydrogens (tertiary/aromatic N) is 4. The molecule has 4 rings (SSSR count). The molecule has 168 valence electrons. The first-order valence-electron chi connectivity index (χ1n) is 11.1. The Labute approximate surface area is 192 Å². The van der Waals surface area contributed by atoms with Crippen LogP contribution >= 0.6 is 12.4 Å². The largest absolute Gasteiger partial charge is 0.383 e. The van der Waals surface area contributed by atoms with Crippen molar-refractivity contribution in [2.45, 2.75) is 32.1 Å². The number of carbonyl (C=O) groups is 1. The van der Waals surface area contributed by atoms with E-state index in [4.69, 9.17) is 0 Å². The van der Waals surface area contributed by atoms with Crippen molar-refractivity contribution in [3.8, 4) is 0 Å². The molecule has 1 N–H and O–H groups in total. The number of halogens is 1. The zero-order chi connectivity index (χ0) is 21.1. The van der Waals surface area contributed by atoms with Crippen LogP contribution < -0.4 is 15.1 Å². The number of rotatable bonds is 7. The Balaban J connectivity index is 0.00000272.